The van der Waals surface area contributed by atoms with Crippen molar-refractivity contribution < 1.29 is 19.1 Å². The quantitative estimate of drug-likeness (QED) is 0.333. The summed E-state index contributed by atoms with van der Waals surface area (Å²) in [5.74, 6) is 0.914. The molecule has 0 unspecified atom stereocenters. The lowest BCUT2D eigenvalue weighted by atomic mass is 10.1. The smallest absolute Gasteiger partial charge is 0.293 e. The number of imide groups is 1. The highest BCUT2D eigenvalue weighted by atomic mass is 79.9. The molecule has 1 fully saturated rings. The second kappa shape index (κ2) is 9.79. The van der Waals surface area contributed by atoms with Crippen LogP contribution in [0.3, 0.4) is 0 Å². The van der Waals surface area contributed by atoms with Crippen molar-refractivity contribution in [3.8, 4) is 11.5 Å². The molecule has 2 amide bonds. The lowest BCUT2D eigenvalue weighted by Crippen LogP contribution is -2.27. The number of fused-ring (bicyclic) bond motifs is 1. The zero-order valence-electron chi connectivity index (χ0n) is 17.8. The van der Waals surface area contributed by atoms with Crippen LogP contribution in [0.15, 0.2) is 64.0 Å². The van der Waals surface area contributed by atoms with E-state index in [1.165, 1.54) is 4.90 Å². The first-order valence-electron chi connectivity index (χ1n) is 10.3. The van der Waals surface area contributed by atoms with E-state index in [-0.39, 0.29) is 17.7 Å². The van der Waals surface area contributed by atoms with Crippen LogP contribution in [-0.2, 0) is 11.3 Å². The van der Waals surface area contributed by atoms with Gasteiger partial charge in [0.25, 0.3) is 11.1 Å². The third-order valence-corrected chi connectivity index (χ3v) is 6.44. The molecule has 1 aliphatic heterocycles. The van der Waals surface area contributed by atoms with Crippen molar-refractivity contribution in [3.05, 3.63) is 75.1 Å². The molecule has 164 valence electrons. The first kappa shape index (κ1) is 22.4. The number of ether oxygens (including phenoxy) is 2. The van der Waals surface area contributed by atoms with Crippen LogP contribution in [-0.4, -0.2) is 29.3 Å². The molecule has 0 aliphatic carbocycles. The fourth-order valence-electron chi connectivity index (χ4n) is 3.53. The second-order valence-electron chi connectivity index (χ2n) is 7.15. The van der Waals surface area contributed by atoms with Gasteiger partial charge >= 0.3 is 0 Å². The maximum Gasteiger partial charge on any atom is 0.293 e. The van der Waals surface area contributed by atoms with Crippen LogP contribution in [0.2, 0.25) is 0 Å². The molecule has 7 heteroatoms. The van der Waals surface area contributed by atoms with Crippen LogP contribution in [0.5, 0.6) is 11.5 Å². The Morgan fingerprint density at radius 1 is 0.969 bits per heavy atom. The first-order valence-corrected chi connectivity index (χ1v) is 11.9. The van der Waals surface area contributed by atoms with Gasteiger partial charge in [-0.2, -0.15) is 0 Å². The zero-order chi connectivity index (χ0) is 22.7. The molecule has 0 saturated carbocycles. The van der Waals surface area contributed by atoms with Crippen molar-refractivity contribution in [1.82, 2.24) is 4.90 Å². The molecule has 1 aliphatic rings. The SMILES string of the molecule is CCOc1cc(/C=C2/SC(=O)N(Cc3ccc4ccccc4c3)C2=O)cc(Br)c1OCC. The van der Waals surface area contributed by atoms with Gasteiger partial charge in [0.1, 0.15) is 0 Å². The lowest BCUT2D eigenvalue weighted by Gasteiger charge is -2.14. The number of benzene rings is 3. The van der Waals surface area contributed by atoms with Crippen molar-refractivity contribution in [2.24, 2.45) is 0 Å². The van der Waals surface area contributed by atoms with Crippen LogP contribution >= 0.6 is 27.7 Å². The fraction of sp³-hybridized carbons (Fsp3) is 0.200. The van der Waals surface area contributed by atoms with E-state index in [0.29, 0.717) is 29.6 Å². The molecule has 0 atom stereocenters. The second-order valence-corrected chi connectivity index (χ2v) is 8.99. The third-order valence-electron chi connectivity index (χ3n) is 4.95. The maximum absolute atomic E-state index is 13.0. The number of rotatable bonds is 7. The molecule has 1 heterocycles. The van der Waals surface area contributed by atoms with Crippen LogP contribution in [0, 0.1) is 0 Å². The van der Waals surface area contributed by atoms with Crippen molar-refractivity contribution >= 4 is 55.7 Å². The van der Waals surface area contributed by atoms with Gasteiger partial charge in [-0.15, -0.1) is 0 Å². The van der Waals surface area contributed by atoms with Crippen molar-refractivity contribution in [1.29, 1.82) is 0 Å². The summed E-state index contributed by atoms with van der Waals surface area (Å²) in [5.41, 5.74) is 1.66. The lowest BCUT2D eigenvalue weighted by molar-refractivity contribution is -0.123. The minimum atomic E-state index is -0.295. The predicted octanol–water partition coefficient (Wildman–Crippen LogP) is 6.64. The predicted molar refractivity (Wildman–Crippen MR) is 132 cm³/mol. The zero-order valence-corrected chi connectivity index (χ0v) is 20.2. The van der Waals surface area contributed by atoms with Crippen LogP contribution in [0.25, 0.3) is 16.8 Å². The van der Waals surface area contributed by atoms with E-state index in [0.717, 1.165) is 38.1 Å². The molecule has 3 aromatic rings. The molecular weight excluding hydrogens is 490 g/mol. The number of amides is 2. The van der Waals surface area contributed by atoms with Crippen LogP contribution in [0.1, 0.15) is 25.0 Å². The Labute approximate surface area is 199 Å². The van der Waals surface area contributed by atoms with Gasteiger partial charge in [0.05, 0.1) is 29.1 Å². The summed E-state index contributed by atoms with van der Waals surface area (Å²) >= 11 is 4.47. The van der Waals surface area contributed by atoms with Crippen molar-refractivity contribution in [3.63, 3.8) is 0 Å². The van der Waals surface area contributed by atoms with E-state index < -0.39 is 0 Å². The van der Waals surface area contributed by atoms with Gasteiger partial charge in [0.15, 0.2) is 11.5 Å². The Morgan fingerprint density at radius 3 is 2.47 bits per heavy atom. The minimum absolute atomic E-state index is 0.240. The van der Waals surface area contributed by atoms with Gasteiger partial charge in [-0.1, -0.05) is 36.4 Å². The minimum Gasteiger partial charge on any atom is -0.490 e. The Morgan fingerprint density at radius 2 is 1.72 bits per heavy atom. The molecule has 1 saturated heterocycles. The molecular formula is C25H22BrNO4S. The number of hydrogen-bond acceptors (Lipinski definition) is 5. The van der Waals surface area contributed by atoms with Gasteiger partial charge in [-0.3, -0.25) is 14.5 Å². The highest BCUT2D eigenvalue weighted by Crippen LogP contribution is 2.39. The summed E-state index contributed by atoms with van der Waals surface area (Å²) in [4.78, 5) is 27.3. The van der Waals surface area contributed by atoms with Gasteiger partial charge in [0.2, 0.25) is 0 Å². The summed E-state index contributed by atoms with van der Waals surface area (Å²) in [6.07, 6.45) is 1.72. The topological polar surface area (TPSA) is 55.8 Å². The molecule has 5 nitrogen and oxygen atoms in total. The van der Waals surface area contributed by atoms with E-state index in [1.54, 1.807) is 6.08 Å². The average Bonchev–Trinajstić information content (AvgIpc) is 3.03. The molecule has 0 spiro atoms. The Bertz CT molecular complexity index is 1220. The normalized spacial score (nSPS) is 15.1. The molecule has 0 radical (unpaired) electrons. The van der Waals surface area contributed by atoms with Gasteiger partial charge < -0.3 is 9.47 Å². The highest BCUT2D eigenvalue weighted by Gasteiger charge is 2.35. The average molecular weight is 512 g/mol. The Balaban J connectivity index is 1.59. The summed E-state index contributed by atoms with van der Waals surface area (Å²) in [7, 11) is 0. The van der Waals surface area contributed by atoms with E-state index in [1.807, 2.05) is 68.4 Å². The third kappa shape index (κ3) is 4.69. The van der Waals surface area contributed by atoms with E-state index in [2.05, 4.69) is 15.9 Å². The molecule has 0 bridgehead atoms. The van der Waals surface area contributed by atoms with Gasteiger partial charge in [-0.05, 0) is 87.7 Å². The first-order chi connectivity index (χ1) is 15.5. The van der Waals surface area contributed by atoms with Crippen molar-refractivity contribution in [2.45, 2.75) is 20.4 Å². The van der Waals surface area contributed by atoms with Gasteiger partial charge in [0, 0.05) is 0 Å². The molecule has 0 aromatic heterocycles. The Kier molecular flexibility index (Phi) is 6.86. The fourth-order valence-corrected chi connectivity index (χ4v) is 4.94. The molecule has 0 N–H and O–H groups in total. The number of nitrogens with zero attached hydrogens (tertiary/aromatic N) is 1. The van der Waals surface area contributed by atoms with Gasteiger partial charge in [-0.25, -0.2) is 0 Å². The molecule has 3 aromatic carbocycles. The molecule has 32 heavy (non-hydrogen) atoms. The number of carbonyl (C=O) groups excluding carboxylic acids is 2. The number of hydrogen-bond donors (Lipinski definition) is 0. The summed E-state index contributed by atoms with van der Waals surface area (Å²) < 4.78 is 12.1. The Hall–Kier alpha value is -2.77. The standard InChI is InChI=1S/C25H22BrNO4S/c1-3-30-21-13-17(12-20(26)23(21)31-4-2)14-22-24(28)27(25(29)32-22)15-16-9-10-18-7-5-6-8-19(18)11-16/h5-14H,3-4,15H2,1-2H3/b22-14+. The monoisotopic (exact) mass is 511 g/mol. The number of carbonyl (C=O) groups is 2. The maximum atomic E-state index is 13.0. The number of halogens is 1. The summed E-state index contributed by atoms with van der Waals surface area (Å²) in [6, 6.07) is 17.7. The van der Waals surface area contributed by atoms with E-state index >= 15 is 0 Å². The highest BCUT2D eigenvalue weighted by molar-refractivity contribution is 9.10. The van der Waals surface area contributed by atoms with Crippen molar-refractivity contribution in [2.75, 3.05) is 13.2 Å². The molecule has 4 rings (SSSR count). The van der Waals surface area contributed by atoms with E-state index in [4.69, 9.17) is 9.47 Å². The van der Waals surface area contributed by atoms with Crippen LogP contribution < -0.4 is 9.47 Å². The van der Waals surface area contributed by atoms with Crippen LogP contribution in [0.4, 0.5) is 4.79 Å². The largest absolute Gasteiger partial charge is 0.490 e. The number of thioether (sulfide) groups is 1. The van der Waals surface area contributed by atoms with E-state index in [9.17, 15) is 9.59 Å². The summed E-state index contributed by atoms with van der Waals surface area (Å²) in [6.45, 7) is 5.03. The summed E-state index contributed by atoms with van der Waals surface area (Å²) in [5, 5.41) is 1.93.